The largest absolute Gasteiger partial charge is 0.369 e. The van der Waals surface area contributed by atoms with Crippen molar-refractivity contribution in [2.75, 3.05) is 29.5 Å². The van der Waals surface area contributed by atoms with Crippen molar-refractivity contribution in [3.05, 3.63) is 28.8 Å². The van der Waals surface area contributed by atoms with Crippen LogP contribution in [0.2, 0.25) is 5.02 Å². The number of nitrogens with two attached hydrogens (primary N) is 1. The normalized spacial score (nSPS) is 17.8. The fourth-order valence-electron chi connectivity index (χ4n) is 1.88. The quantitative estimate of drug-likeness (QED) is 0.872. The van der Waals surface area contributed by atoms with Crippen LogP contribution in [-0.2, 0) is 17.3 Å². The molecule has 0 radical (unpaired) electrons. The highest BCUT2D eigenvalue weighted by atomic mass is 35.5. The van der Waals surface area contributed by atoms with Gasteiger partial charge >= 0.3 is 0 Å². The van der Waals surface area contributed by atoms with Gasteiger partial charge in [-0.2, -0.15) is 0 Å². The molecule has 0 bridgehead atoms. The highest BCUT2D eigenvalue weighted by Gasteiger charge is 2.17. The van der Waals surface area contributed by atoms with E-state index in [-0.39, 0.29) is 0 Å². The minimum absolute atomic E-state index is 0.506. The standard InChI is InChI=1S/C11H15ClN2OS/c12-10-2-1-9(8-13)11(7-10)14-3-5-16(15)6-4-14/h1-2,7H,3-6,8,13H2. The number of nitrogens with zero attached hydrogens (tertiary/aromatic N) is 1. The van der Waals surface area contributed by atoms with Gasteiger partial charge in [-0.05, 0) is 17.7 Å². The lowest BCUT2D eigenvalue weighted by Gasteiger charge is -2.30. The summed E-state index contributed by atoms with van der Waals surface area (Å²) in [6, 6.07) is 5.76. The van der Waals surface area contributed by atoms with Gasteiger partial charge in [0.05, 0.1) is 0 Å². The summed E-state index contributed by atoms with van der Waals surface area (Å²) in [4.78, 5) is 2.22. The third kappa shape index (κ3) is 2.56. The number of hydrogen-bond donors (Lipinski definition) is 1. The Hall–Kier alpha value is -0.580. The Morgan fingerprint density at radius 2 is 2.06 bits per heavy atom. The summed E-state index contributed by atoms with van der Waals surface area (Å²) in [5, 5.41) is 0.721. The number of benzene rings is 1. The molecule has 1 heterocycles. The summed E-state index contributed by atoms with van der Waals surface area (Å²) in [7, 11) is -0.654. The Labute approximate surface area is 103 Å². The van der Waals surface area contributed by atoms with Crippen LogP contribution in [0.4, 0.5) is 5.69 Å². The molecule has 16 heavy (non-hydrogen) atoms. The van der Waals surface area contributed by atoms with E-state index in [0.717, 1.165) is 40.9 Å². The highest BCUT2D eigenvalue weighted by molar-refractivity contribution is 7.85. The molecule has 0 spiro atoms. The number of hydrogen-bond acceptors (Lipinski definition) is 3. The van der Waals surface area contributed by atoms with Crippen molar-refractivity contribution in [1.29, 1.82) is 0 Å². The predicted octanol–water partition coefficient (Wildman–Crippen LogP) is 1.37. The first-order valence-corrected chi connectivity index (χ1v) is 7.15. The lowest BCUT2D eigenvalue weighted by atomic mass is 10.1. The summed E-state index contributed by atoms with van der Waals surface area (Å²) in [6.07, 6.45) is 0. The summed E-state index contributed by atoms with van der Waals surface area (Å²) in [6.45, 7) is 2.14. The van der Waals surface area contributed by atoms with Crippen LogP contribution in [0, 0.1) is 0 Å². The zero-order valence-corrected chi connectivity index (χ0v) is 10.6. The molecule has 5 heteroatoms. The minimum atomic E-state index is -0.654. The second-order valence-electron chi connectivity index (χ2n) is 3.81. The maximum absolute atomic E-state index is 11.3. The van der Waals surface area contributed by atoms with Crippen LogP contribution in [0.5, 0.6) is 0 Å². The molecule has 0 aliphatic carbocycles. The fraction of sp³-hybridized carbons (Fsp3) is 0.455. The summed E-state index contributed by atoms with van der Waals surface area (Å²) in [5.41, 5.74) is 7.89. The molecule has 1 fully saturated rings. The number of rotatable bonds is 2. The smallest absolute Gasteiger partial charge is 0.0427 e. The topological polar surface area (TPSA) is 46.3 Å². The van der Waals surface area contributed by atoms with Gasteiger partial charge < -0.3 is 10.6 Å². The molecule has 0 amide bonds. The first-order valence-electron chi connectivity index (χ1n) is 5.29. The molecular weight excluding hydrogens is 244 g/mol. The maximum atomic E-state index is 11.3. The molecule has 0 atom stereocenters. The number of anilines is 1. The molecule has 2 rings (SSSR count). The average Bonchev–Trinajstić information content (AvgIpc) is 2.30. The molecule has 1 saturated heterocycles. The third-order valence-corrected chi connectivity index (χ3v) is 4.30. The monoisotopic (exact) mass is 258 g/mol. The van der Waals surface area contributed by atoms with E-state index in [2.05, 4.69) is 4.90 Å². The molecule has 2 N–H and O–H groups in total. The van der Waals surface area contributed by atoms with Gasteiger partial charge in [-0.3, -0.25) is 4.21 Å². The van der Waals surface area contributed by atoms with Gasteiger partial charge in [0.2, 0.25) is 0 Å². The SMILES string of the molecule is NCc1ccc(Cl)cc1N1CCS(=O)CC1. The second kappa shape index (κ2) is 5.17. The van der Waals surface area contributed by atoms with E-state index in [1.54, 1.807) is 0 Å². The molecule has 3 nitrogen and oxygen atoms in total. The summed E-state index contributed by atoms with van der Waals surface area (Å²) < 4.78 is 11.3. The Balaban J connectivity index is 2.24. The first-order chi connectivity index (χ1) is 7.70. The van der Waals surface area contributed by atoms with E-state index in [1.165, 1.54) is 0 Å². The minimum Gasteiger partial charge on any atom is -0.369 e. The lowest BCUT2D eigenvalue weighted by Crippen LogP contribution is -2.38. The van der Waals surface area contributed by atoms with E-state index < -0.39 is 10.8 Å². The molecule has 1 aliphatic rings. The molecule has 1 aliphatic heterocycles. The predicted molar refractivity (Wildman–Crippen MR) is 69.4 cm³/mol. The second-order valence-corrected chi connectivity index (χ2v) is 5.94. The van der Waals surface area contributed by atoms with Gasteiger partial charge in [0.15, 0.2) is 0 Å². The van der Waals surface area contributed by atoms with Gasteiger partial charge in [-0.1, -0.05) is 17.7 Å². The van der Waals surface area contributed by atoms with E-state index >= 15 is 0 Å². The molecule has 1 aromatic rings. The average molecular weight is 259 g/mol. The fourth-order valence-corrected chi connectivity index (χ4v) is 3.10. The van der Waals surface area contributed by atoms with Gasteiger partial charge in [0.1, 0.15) is 0 Å². The van der Waals surface area contributed by atoms with Crippen molar-refractivity contribution in [2.24, 2.45) is 5.73 Å². The first kappa shape index (κ1) is 11.9. The van der Waals surface area contributed by atoms with Crippen LogP contribution in [0.25, 0.3) is 0 Å². The Morgan fingerprint density at radius 1 is 1.38 bits per heavy atom. The lowest BCUT2D eigenvalue weighted by molar-refractivity contribution is 0.673. The molecular formula is C11H15ClN2OS. The molecule has 0 unspecified atom stereocenters. The van der Waals surface area contributed by atoms with Crippen molar-refractivity contribution in [3.63, 3.8) is 0 Å². The van der Waals surface area contributed by atoms with E-state index in [9.17, 15) is 4.21 Å². The molecule has 88 valence electrons. The third-order valence-electron chi connectivity index (χ3n) is 2.79. The van der Waals surface area contributed by atoms with E-state index in [0.29, 0.717) is 6.54 Å². The van der Waals surface area contributed by atoms with Crippen LogP contribution in [0.3, 0.4) is 0 Å². The molecule has 1 aromatic carbocycles. The van der Waals surface area contributed by atoms with Crippen molar-refractivity contribution < 1.29 is 4.21 Å². The van der Waals surface area contributed by atoms with Gasteiger partial charge in [-0.25, -0.2) is 0 Å². The Kier molecular flexibility index (Phi) is 3.84. The van der Waals surface area contributed by atoms with Crippen LogP contribution < -0.4 is 10.6 Å². The van der Waals surface area contributed by atoms with Crippen LogP contribution >= 0.6 is 11.6 Å². The van der Waals surface area contributed by atoms with Gasteiger partial charge in [0.25, 0.3) is 0 Å². The van der Waals surface area contributed by atoms with Crippen molar-refractivity contribution in [1.82, 2.24) is 0 Å². The molecule has 0 aromatic heterocycles. The van der Waals surface area contributed by atoms with E-state index in [1.807, 2.05) is 18.2 Å². The highest BCUT2D eigenvalue weighted by Crippen LogP contribution is 2.25. The zero-order valence-electron chi connectivity index (χ0n) is 8.99. The van der Waals surface area contributed by atoms with Crippen LogP contribution in [0.15, 0.2) is 18.2 Å². The maximum Gasteiger partial charge on any atom is 0.0427 e. The number of halogens is 1. The van der Waals surface area contributed by atoms with Gasteiger partial charge in [0, 0.05) is 52.6 Å². The van der Waals surface area contributed by atoms with Crippen molar-refractivity contribution in [3.8, 4) is 0 Å². The summed E-state index contributed by atoms with van der Waals surface area (Å²) >= 11 is 5.99. The van der Waals surface area contributed by atoms with Crippen molar-refractivity contribution in [2.45, 2.75) is 6.54 Å². The van der Waals surface area contributed by atoms with Crippen LogP contribution in [-0.4, -0.2) is 28.8 Å². The van der Waals surface area contributed by atoms with Crippen LogP contribution in [0.1, 0.15) is 5.56 Å². The van der Waals surface area contributed by atoms with E-state index in [4.69, 9.17) is 17.3 Å². The Bertz CT molecular complexity index is 401. The zero-order chi connectivity index (χ0) is 11.5. The Morgan fingerprint density at radius 3 is 2.69 bits per heavy atom. The van der Waals surface area contributed by atoms with Crippen molar-refractivity contribution >= 4 is 28.1 Å². The van der Waals surface area contributed by atoms with Gasteiger partial charge in [-0.15, -0.1) is 0 Å². The molecule has 0 saturated carbocycles. The summed E-state index contributed by atoms with van der Waals surface area (Å²) in [5.74, 6) is 1.47.